The highest BCUT2D eigenvalue weighted by atomic mass is 19.1. The molecule has 1 unspecified atom stereocenters. The highest BCUT2D eigenvalue weighted by Crippen LogP contribution is 2.30. The molecule has 1 aromatic heterocycles. The Kier molecular flexibility index (Phi) is 6.02. The van der Waals surface area contributed by atoms with Crippen LogP contribution in [-0.4, -0.2) is 33.2 Å². The van der Waals surface area contributed by atoms with Gasteiger partial charge in [-0.3, -0.25) is 9.59 Å². The minimum Gasteiger partial charge on any atom is -0.332 e. The molecule has 0 radical (unpaired) electrons. The molecule has 31 heavy (non-hydrogen) atoms. The first kappa shape index (κ1) is 20.7. The third-order valence-corrected chi connectivity index (χ3v) is 5.41. The SMILES string of the molecule is Cc1nc(C2CCCN2C(=O)Cc2ccc(F)cc2)ncc1C(=O)Nc1ccccc1. The number of hydrogen-bond donors (Lipinski definition) is 1. The van der Waals surface area contributed by atoms with Crippen LogP contribution < -0.4 is 5.32 Å². The first-order valence-electron chi connectivity index (χ1n) is 10.2. The number of para-hydroxylation sites is 1. The molecule has 0 spiro atoms. The standard InChI is InChI=1S/C24H23FN4O2/c1-16-20(24(31)28-19-6-3-2-4-7-19)15-26-23(27-16)21-8-5-13-29(21)22(30)14-17-9-11-18(25)12-10-17/h2-4,6-7,9-12,15,21H,5,8,13-14H2,1H3,(H,28,31). The molecular formula is C24H23FN4O2. The molecule has 1 aliphatic rings. The number of amides is 2. The zero-order chi connectivity index (χ0) is 21.8. The summed E-state index contributed by atoms with van der Waals surface area (Å²) in [5.41, 5.74) is 2.43. The van der Waals surface area contributed by atoms with E-state index in [1.54, 1.807) is 24.0 Å². The lowest BCUT2D eigenvalue weighted by atomic mass is 10.1. The predicted molar refractivity (Wildman–Crippen MR) is 115 cm³/mol. The van der Waals surface area contributed by atoms with Gasteiger partial charge in [0.05, 0.1) is 23.7 Å². The molecule has 0 bridgehead atoms. The minimum atomic E-state index is -0.324. The molecule has 2 aromatic carbocycles. The van der Waals surface area contributed by atoms with Crippen LogP contribution in [0.2, 0.25) is 0 Å². The summed E-state index contributed by atoms with van der Waals surface area (Å²) in [5, 5.41) is 2.84. The van der Waals surface area contributed by atoms with Crippen LogP contribution in [0.4, 0.5) is 10.1 Å². The fraction of sp³-hybridized carbons (Fsp3) is 0.250. The second kappa shape index (κ2) is 9.04. The average Bonchev–Trinajstić information content (AvgIpc) is 3.26. The topological polar surface area (TPSA) is 75.2 Å². The molecule has 2 heterocycles. The van der Waals surface area contributed by atoms with Crippen LogP contribution in [0.15, 0.2) is 60.8 Å². The molecule has 7 heteroatoms. The second-order valence-corrected chi connectivity index (χ2v) is 7.60. The number of nitrogens with zero attached hydrogens (tertiary/aromatic N) is 3. The first-order valence-corrected chi connectivity index (χ1v) is 10.2. The van der Waals surface area contributed by atoms with E-state index in [0.717, 1.165) is 18.4 Å². The normalized spacial score (nSPS) is 15.7. The Morgan fingerprint density at radius 1 is 1.13 bits per heavy atom. The van der Waals surface area contributed by atoms with E-state index in [0.29, 0.717) is 29.3 Å². The zero-order valence-electron chi connectivity index (χ0n) is 17.2. The summed E-state index contributed by atoms with van der Waals surface area (Å²) in [4.78, 5) is 36.2. The van der Waals surface area contributed by atoms with Crippen LogP contribution in [0.1, 0.15) is 46.3 Å². The number of aromatic nitrogens is 2. The molecule has 3 aromatic rings. The molecule has 1 saturated heterocycles. The number of carbonyl (C=O) groups excluding carboxylic acids is 2. The van der Waals surface area contributed by atoms with Gasteiger partial charge in [-0.25, -0.2) is 14.4 Å². The highest BCUT2D eigenvalue weighted by Gasteiger charge is 2.32. The molecule has 2 amide bonds. The van der Waals surface area contributed by atoms with E-state index in [2.05, 4.69) is 15.3 Å². The van der Waals surface area contributed by atoms with Gasteiger partial charge in [-0.15, -0.1) is 0 Å². The van der Waals surface area contributed by atoms with Crippen molar-refractivity contribution in [1.29, 1.82) is 0 Å². The van der Waals surface area contributed by atoms with E-state index in [1.807, 2.05) is 30.3 Å². The van der Waals surface area contributed by atoms with Crippen molar-refractivity contribution < 1.29 is 14.0 Å². The summed E-state index contributed by atoms with van der Waals surface area (Å²) in [6.07, 6.45) is 3.35. The van der Waals surface area contributed by atoms with Gasteiger partial charge in [-0.1, -0.05) is 30.3 Å². The number of rotatable bonds is 5. The van der Waals surface area contributed by atoms with Crippen molar-refractivity contribution >= 4 is 17.5 Å². The van der Waals surface area contributed by atoms with Crippen LogP contribution in [0.3, 0.4) is 0 Å². The molecule has 1 atom stereocenters. The van der Waals surface area contributed by atoms with E-state index in [-0.39, 0.29) is 30.1 Å². The largest absolute Gasteiger partial charge is 0.332 e. The number of anilines is 1. The predicted octanol–water partition coefficient (Wildman–Crippen LogP) is 4.08. The average molecular weight is 418 g/mol. The van der Waals surface area contributed by atoms with Gasteiger partial charge in [-0.2, -0.15) is 0 Å². The Labute approximate surface area is 180 Å². The van der Waals surface area contributed by atoms with E-state index in [4.69, 9.17) is 0 Å². The maximum Gasteiger partial charge on any atom is 0.259 e. The summed E-state index contributed by atoms with van der Waals surface area (Å²) in [5.74, 6) is -0.0959. The minimum absolute atomic E-state index is 0.0405. The van der Waals surface area contributed by atoms with E-state index < -0.39 is 0 Å². The van der Waals surface area contributed by atoms with Crippen molar-refractivity contribution in [2.45, 2.75) is 32.2 Å². The van der Waals surface area contributed by atoms with Gasteiger partial charge in [0.15, 0.2) is 5.82 Å². The molecule has 0 saturated carbocycles. The summed E-state index contributed by atoms with van der Waals surface area (Å²) >= 11 is 0. The molecular weight excluding hydrogens is 395 g/mol. The van der Waals surface area contributed by atoms with Crippen molar-refractivity contribution in [3.63, 3.8) is 0 Å². The monoisotopic (exact) mass is 418 g/mol. The zero-order valence-corrected chi connectivity index (χ0v) is 17.2. The maximum atomic E-state index is 13.1. The van der Waals surface area contributed by atoms with Crippen LogP contribution in [0.25, 0.3) is 0 Å². The van der Waals surface area contributed by atoms with Crippen molar-refractivity contribution in [1.82, 2.24) is 14.9 Å². The van der Waals surface area contributed by atoms with Crippen molar-refractivity contribution in [3.05, 3.63) is 89.3 Å². The highest BCUT2D eigenvalue weighted by molar-refractivity contribution is 6.04. The summed E-state index contributed by atoms with van der Waals surface area (Å²) in [6, 6.07) is 14.9. The summed E-state index contributed by atoms with van der Waals surface area (Å²) in [6.45, 7) is 2.40. The molecule has 1 aliphatic heterocycles. The van der Waals surface area contributed by atoms with Crippen LogP contribution in [0.5, 0.6) is 0 Å². The number of benzene rings is 2. The number of hydrogen-bond acceptors (Lipinski definition) is 4. The lowest BCUT2D eigenvalue weighted by Gasteiger charge is -2.24. The Balaban J connectivity index is 1.48. The van der Waals surface area contributed by atoms with Gasteiger partial charge in [0.25, 0.3) is 5.91 Å². The third kappa shape index (κ3) is 4.77. The Morgan fingerprint density at radius 2 is 1.87 bits per heavy atom. The number of likely N-dealkylation sites (tertiary alicyclic amines) is 1. The second-order valence-electron chi connectivity index (χ2n) is 7.60. The molecule has 4 rings (SSSR count). The van der Waals surface area contributed by atoms with Gasteiger partial charge >= 0.3 is 0 Å². The third-order valence-electron chi connectivity index (χ3n) is 5.41. The summed E-state index contributed by atoms with van der Waals surface area (Å²) in [7, 11) is 0. The summed E-state index contributed by atoms with van der Waals surface area (Å²) < 4.78 is 13.1. The van der Waals surface area contributed by atoms with Gasteiger partial charge in [-0.05, 0) is 49.6 Å². The van der Waals surface area contributed by atoms with E-state index in [9.17, 15) is 14.0 Å². The lowest BCUT2D eigenvalue weighted by Crippen LogP contribution is -2.33. The van der Waals surface area contributed by atoms with Gasteiger partial charge in [0.2, 0.25) is 5.91 Å². The number of aryl methyl sites for hydroxylation is 1. The molecule has 0 aliphatic carbocycles. The van der Waals surface area contributed by atoms with Crippen LogP contribution in [-0.2, 0) is 11.2 Å². The molecule has 1 N–H and O–H groups in total. The van der Waals surface area contributed by atoms with Gasteiger partial charge in [0, 0.05) is 18.4 Å². The smallest absolute Gasteiger partial charge is 0.259 e. The number of carbonyl (C=O) groups is 2. The Morgan fingerprint density at radius 3 is 2.58 bits per heavy atom. The lowest BCUT2D eigenvalue weighted by molar-refractivity contribution is -0.131. The van der Waals surface area contributed by atoms with Crippen molar-refractivity contribution in [2.24, 2.45) is 0 Å². The van der Waals surface area contributed by atoms with Crippen molar-refractivity contribution in [2.75, 3.05) is 11.9 Å². The molecule has 158 valence electrons. The first-order chi connectivity index (χ1) is 15.0. The fourth-order valence-electron chi connectivity index (χ4n) is 3.80. The Bertz CT molecular complexity index is 1090. The van der Waals surface area contributed by atoms with Gasteiger partial charge in [0.1, 0.15) is 5.82 Å². The Hall–Kier alpha value is -3.61. The number of halogens is 1. The maximum absolute atomic E-state index is 13.1. The molecule has 6 nitrogen and oxygen atoms in total. The van der Waals surface area contributed by atoms with E-state index in [1.165, 1.54) is 18.3 Å². The van der Waals surface area contributed by atoms with Crippen molar-refractivity contribution in [3.8, 4) is 0 Å². The molecule has 1 fully saturated rings. The van der Waals surface area contributed by atoms with E-state index >= 15 is 0 Å². The quantitative estimate of drug-likeness (QED) is 0.677. The van der Waals surface area contributed by atoms with Crippen LogP contribution >= 0.6 is 0 Å². The van der Waals surface area contributed by atoms with Crippen LogP contribution in [0, 0.1) is 12.7 Å². The van der Waals surface area contributed by atoms with Gasteiger partial charge < -0.3 is 10.2 Å². The fourth-order valence-corrected chi connectivity index (χ4v) is 3.80. The number of nitrogens with one attached hydrogen (secondary N) is 1.